The van der Waals surface area contributed by atoms with E-state index in [1.807, 2.05) is 25.1 Å². The number of hydrogen-bond donors (Lipinski definition) is 0. The molecule has 2 heterocycles. The first-order valence-electron chi connectivity index (χ1n) is 7.93. The molecule has 0 spiro atoms. The van der Waals surface area contributed by atoms with E-state index >= 15 is 0 Å². The van der Waals surface area contributed by atoms with Gasteiger partial charge in [0.1, 0.15) is 0 Å². The van der Waals surface area contributed by atoms with E-state index < -0.39 is 0 Å². The van der Waals surface area contributed by atoms with Gasteiger partial charge >= 0.3 is 5.97 Å². The number of amides is 1. The maximum absolute atomic E-state index is 12.3. The van der Waals surface area contributed by atoms with Gasteiger partial charge in [0.15, 0.2) is 0 Å². The highest BCUT2D eigenvalue weighted by Gasteiger charge is 2.49. The fourth-order valence-corrected chi connectivity index (χ4v) is 3.54. The maximum Gasteiger partial charge on any atom is 0.310 e. The average Bonchev–Trinajstić information content (AvgIpc) is 3.09. The predicted molar refractivity (Wildman–Crippen MR) is 81.6 cm³/mol. The van der Waals surface area contributed by atoms with Crippen LogP contribution in [0.1, 0.15) is 38.3 Å². The summed E-state index contributed by atoms with van der Waals surface area (Å²) >= 11 is 0. The molecular formula is C17H22N2O3. The van der Waals surface area contributed by atoms with Gasteiger partial charge < -0.3 is 4.74 Å². The Kier molecular flexibility index (Phi) is 4.16. The molecule has 3 atom stereocenters. The Hall–Kier alpha value is -1.88. The number of esters is 1. The Bertz CT molecular complexity index is 560. The first kappa shape index (κ1) is 15.0. The molecule has 1 aromatic carbocycles. The Morgan fingerprint density at radius 3 is 2.77 bits per heavy atom. The lowest BCUT2D eigenvalue weighted by atomic mass is 9.93. The van der Waals surface area contributed by atoms with Gasteiger partial charge in [-0.1, -0.05) is 30.3 Å². The van der Waals surface area contributed by atoms with Gasteiger partial charge in [-0.2, -0.15) is 0 Å². The lowest BCUT2D eigenvalue weighted by Gasteiger charge is -2.29. The summed E-state index contributed by atoms with van der Waals surface area (Å²) in [5.74, 6) is -0.418. The fourth-order valence-electron chi connectivity index (χ4n) is 3.54. The Balaban J connectivity index is 1.86. The van der Waals surface area contributed by atoms with Crippen molar-refractivity contribution < 1.29 is 14.3 Å². The van der Waals surface area contributed by atoms with Crippen molar-refractivity contribution in [2.24, 2.45) is 5.92 Å². The van der Waals surface area contributed by atoms with Gasteiger partial charge in [-0.05, 0) is 25.8 Å². The van der Waals surface area contributed by atoms with Crippen LogP contribution in [0.2, 0.25) is 0 Å². The van der Waals surface area contributed by atoms with Gasteiger partial charge in [0.2, 0.25) is 5.91 Å². The molecule has 1 aromatic rings. The SMILES string of the molecule is CCOC(=O)C(C)C1C[C@@H](c2ccccc2)N2CCC(=O)N12. The summed E-state index contributed by atoms with van der Waals surface area (Å²) in [5, 5.41) is 3.93. The number of carbonyl (C=O) groups is 2. The minimum atomic E-state index is -0.307. The maximum atomic E-state index is 12.3. The van der Waals surface area contributed by atoms with Crippen LogP contribution in [-0.4, -0.2) is 41.1 Å². The van der Waals surface area contributed by atoms with Crippen LogP contribution in [-0.2, 0) is 14.3 Å². The zero-order chi connectivity index (χ0) is 15.7. The number of hydrazine groups is 1. The fraction of sp³-hybridized carbons (Fsp3) is 0.529. The zero-order valence-electron chi connectivity index (χ0n) is 13.1. The molecule has 22 heavy (non-hydrogen) atoms. The van der Waals surface area contributed by atoms with E-state index in [0.717, 1.165) is 13.0 Å². The number of fused-ring (bicyclic) bond motifs is 1. The normalized spacial score (nSPS) is 26.1. The number of hydrogen-bond acceptors (Lipinski definition) is 4. The largest absolute Gasteiger partial charge is 0.466 e. The molecule has 2 unspecified atom stereocenters. The van der Waals surface area contributed by atoms with E-state index in [-0.39, 0.29) is 29.9 Å². The van der Waals surface area contributed by atoms with Gasteiger partial charge in [0.05, 0.1) is 24.6 Å². The van der Waals surface area contributed by atoms with E-state index in [0.29, 0.717) is 13.0 Å². The molecule has 0 bridgehead atoms. The highest BCUT2D eigenvalue weighted by molar-refractivity contribution is 5.80. The number of benzene rings is 1. The molecule has 5 heteroatoms. The Morgan fingerprint density at radius 1 is 1.36 bits per heavy atom. The first-order valence-corrected chi connectivity index (χ1v) is 7.93. The number of nitrogens with zero attached hydrogens (tertiary/aromatic N) is 2. The molecule has 2 aliphatic rings. The second-order valence-corrected chi connectivity index (χ2v) is 5.92. The summed E-state index contributed by atoms with van der Waals surface area (Å²) in [4.78, 5) is 24.3. The molecule has 0 radical (unpaired) electrons. The molecule has 1 amide bonds. The van der Waals surface area contributed by atoms with Gasteiger partial charge in [0, 0.05) is 13.0 Å². The first-order chi connectivity index (χ1) is 10.6. The highest BCUT2D eigenvalue weighted by Crippen LogP contribution is 2.42. The molecule has 5 nitrogen and oxygen atoms in total. The van der Waals surface area contributed by atoms with Crippen LogP contribution in [0.5, 0.6) is 0 Å². The summed E-state index contributed by atoms with van der Waals surface area (Å²) in [7, 11) is 0. The van der Waals surface area contributed by atoms with Crippen molar-refractivity contribution >= 4 is 11.9 Å². The quantitative estimate of drug-likeness (QED) is 0.800. The van der Waals surface area contributed by atoms with Crippen molar-refractivity contribution in [2.45, 2.75) is 38.8 Å². The van der Waals surface area contributed by atoms with Crippen LogP contribution in [0.3, 0.4) is 0 Å². The van der Waals surface area contributed by atoms with Crippen LogP contribution < -0.4 is 0 Å². The molecule has 0 aromatic heterocycles. The summed E-state index contributed by atoms with van der Waals surface area (Å²) in [6.45, 7) is 4.76. The lowest BCUT2D eigenvalue weighted by molar-refractivity contribution is -0.153. The van der Waals surface area contributed by atoms with Crippen LogP contribution >= 0.6 is 0 Å². The average molecular weight is 302 g/mol. The van der Waals surface area contributed by atoms with Crippen LogP contribution in [0.25, 0.3) is 0 Å². The summed E-state index contributed by atoms with van der Waals surface area (Å²) < 4.78 is 5.15. The van der Waals surface area contributed by atoms with Gasteiger partial charge in [0.25, 0.3) is 0 Å². The molecule has 2 aliphatic heterocycles. The third-order valence-electron chi connectivity index (χ3n) is 4.65. The highest BCUT2D eigenvalue weighted by atomic mass is 16.5. The number of rotatable bonds is 4. The summed E-state index contributed by atoms with van der Waals surface area (Å²) in [6, 6.07) is 10.2. The van der Waals surface area contributed by atoms with Crippen LogP contribution in [0, 0.1) is 5.92 Å². The standard InChI is InChI=1S/C17H22N2O3/c1-3-22-17(21)12(2)14-11-15(13-7-5-4-6-8-13)18-10-9-16(20)19(14)18/h4-8,12,14-15H,3,9-11H2,1-2H3/t12?,14?,15-/m0/s1. The van der Waals surface area contributed by atoms with Crippen LogP contribution in [0.15, 0.2) is 30.3 Å². The molecular weight excluding hydrogens is 280 g/mol. The van der Waals surface area contributed by atoms with Gasteiger partial charge in [-0.15, -0.1) is 0 Å². The van der Waals surface area contributed by atoms with Crippen LogP contribution in [0.4, 0.5) is 0 Å². The van der Waals surface area contributed by atoms with Gasteiger partial charge in [-0.3, -0.25) is 14.6 Å². The zero-order valence-corrected chi connectivity index (χ0v) is 13.1. The van der Waals surface area contributed by atoms with Crippen molar-refractivity contribution in [1.29, 1.82) is 0 Å². The molecule has 2 fully saturated rings. The summed E-state index contributed by atoms with van der Waals surface area (Å²) in [5.41, 5.74) is 1.20. The van der Waals surface area contributed by atoms with Crippen molar-refractivity contribution in [3.8, 4) is 0 Å². The minimum absolute atomic E-state index is 0.111. The number of ether oxygens (including phenoxy) is 1. The molecule has 0 aliphatic carbocycles. The Morgan fingerprint density at radius 2 is 2.09 bits per heavy atom. The lowest BCUT2D eigenvalue weighted by Crippen LogP contribution is -2.43. The topological polar surface area (TPSA) is 49.9 Å². The van der Waals surface area contributed by atoms with E-state index in [2.05, 4.69) is 17.1 Å². The van der Waals surface area contributed by atoms with Crippen molar-refractivity contribution in [2.75, 3.05) is 13.2 Å². The van der Waals surface area contributed by atoms with Crippen molar-refractivity contribution in [1.82, 2.24) is 10.0 Å². The van der Waals surface area contributed by atoms with E-state index in [1.165, 1.54) is 5.56 Å². The second-order valence-electron chi connectivity index (χ2n) is 5.92. The van der Waals surface area contributed by atoms with E-state index in [1.54, 1.807) is 11.9 Å². The third-order valence-corrected chi connectivity index (χ3v) is 4.65. The van der Waals surface area contributed by atoms with Crippen molar-refractivity contribution in [3.05, 3.63) is 35.9 Å². The molecule has 118 valence electrons. The van der Waals surface area contributed by atoms with E-state index in [4.69, 9.17) is 4.74 Å². The molecule has 0 saturated carbocycles. The van der Waals surface area contributed by atoms with Crippen molar-refractivity contribution in [3.63, 3.8) is 0 Å². The summed E-state index contributed by atoms with van der Waals surface area (Å²) in [6.07, 6.45) is 1.30. The third kappa shape index (κ3) is 2.50. The smallest absolute Gasteiger partial charge is 0.310 e. The second kappa shape index (κ2) is 6.08. The Labute approximate surface area is 130 Å². The predicted octanol–water partition coefficient (Wildman–Crippen LogP) is 2.15. The monoisotopic (exact) mass is 302 g/mol. The van der Waals surface area contributed by atoms with E-state index in [9.17, 15) is 9.59 Å². The molecule has 2 saturated heterocycles. The molecule has 0 N–H and O–H groups in total. The molecule has 3 rings (SSSR count). The van der Waals surface area contributed by atoms with Gasteiger partial charge in [-0.25, -0.2) is 5.01 Å². The minimum Gasteiger partial charge on any atom is -0.466 e. The number of carbonyl (C=O) groups excluding carboxylic acids is 2.